The van der Waals surface area contributed by atoms with Crippen LogP contribution in [0.1, 0.15) is 6.92 Å². The molecule has 0 aliphatic carbocycles. The molecule has 3 aromatic carbocycles. The first-order valence-electron chi connectivity index (χ1n) is 10.2. The van der Waals surface area contributed by atoms with Gasteiger partial charge in [0.15, 0.2) is 11.5 Å². The molecule has 32 heavy (non-hydrogen) atoms. The number of hydrogen-bond acceptors (Lipinski definition) is 5. The van der Waals surface area contributed by atoms with E-state index in [0.717, 1.165) is 11.1 Å². The first kappa shape index (κ1) is 23.0. The number of rotatable bonds is 10. The summed E-state index contributed by atoms with van der Waals surface area (Å²) in [7, 11) is 0. The second-order valence-corrected chi connectivity index (χ2v) is 7.06. The number of esters is 1. The van der Waals surface area contributed by atoms with Crippen molar-refractivity contribution in [1.82, 2.24) is 0 Å². The average molecular weight is 436 g/mol. The second kappa shape index (κ2) is 11.1. The lowest BCUT2D eigenvalue weighted by Gasteiger charge is -2.15. The summed E-state index contributed by atoms with van der Waals surface area (Å²) in [5, 5.41) is 9.05. The lowest BCUT2D eigenvalue weighted by molar-refractivity contribution is -0.139. The molecule has 3 aromatic rings. The van der Waals surface area contributed by atoms with E-state index in [4.69, 9.17) is 19.3 Å². The number of carbonyl (C=O) groups excluding carboxylic acids is 1. The van der Waals surface area contributed by atoms with Crippen LogP contribution in [0.5, 0.6) is 11.5 Å². The van der Waals surface area contributed by atoms with Crippen molar-refractivity contribution < 1.29 is 28.5 Å². The minimum atomic E-state index is -0.500. The molecule has 0 heterocycles. The number of carbonyl (C=O) groups is 1. The molecular formula is C26H25FO5. The van der Waals surface area contributed by atoms with Gasteiger partial charge in [0.2, 0.25) is 0 Å². The zero-order valence-corrected chi connectivity index (χ0v) is 17.8. The third-order valence-corrected chi connectivity index (χ3v) is 4.60. The minimum absolute atomic E-state index is 0.0233. The zero-order chi connectivity index (χ0) is 22.9. The summed E-state index contributed by atoms with van der Waals surface area (Å²) in [6.07, 6.45) is 0. The van der Waals surface area contributed by atoms with Crippen molar-refractivity contribution in [3.63, 3.8) is 0 Å². The summed E-state index contributed by atoms with van der Waals surface area (Å²) in [6, 6.07) is 19.7. The Bertz CT molecular complexity index is 1080. The lowest BCUT2D eigenvalue weighted by atomic mass is 9.99. The summed E-state index contributed by atoms with van der Waals surface area (Å²) >= 11 is 0. The Hall–Kier alpha value is -3.64. The Morgan fingerprint density at radius 2 is 1.59 bits per heavy atom. The fraction of sp³-hybridized carbons (Fsp3) is 0.192. The van der Waals surface area contributed by atoms with Gasteiger partial charge in [-0.25, -0.2) is 9.18 Å². The molecule has 0 aliphatic heterocycles. The molecule has 0 atom stereocenters. The molecule has 6 heteroatoms. The summed E-state index contributed by atoms with van der Waals surface area (Å²) in [6.45, 7) is 5.11. The SMILES string of the molecule is C=C(C)C(=O)OCCOc1cc(-c2ccc(-c3ccccc3)cc2F)ccc1OCCO. The Morgan fingerprint density at radius 1 is 0.875 bits per heavy atom. The minimum Gasteiger partial charge on any atom is -0.487 e. The molecule has 0 saturated heterocycles. The molecule has 166 valence electrons. The maximum atomic E-state index is 15.0. The molecule has 1 N–H and O–H groups in total. The van der Waals surface area contributed by atoms with Gasteiger partial charge in [-0.1, -0.05) is 55.1 Å². The van der Waals surface area contributed by atoms with Gasteiger partial charge in [0.25, 0.3) is 0 Å². The molecule has 0 spiro atoms. The number of ether oxygens (including phenoxy) is 3. The van der Waals surface area contributed by atoms with Crippen LogP contribution >= 0.6 is 0 Å². The molecule has 0 aromatic heterocycles. The van der Waals surface area contributed by atoms with E-state index in [1.54, 1.807) is 31.2 Å². The lowest BCUT2D eigenvalue weighted by Crippen LogP contribution is -2.13. The predicted octanol–water partition coefficient (Wildman–Crippen LogP) is 5.03. The van der Waals surface area contributed by atoms with E-state index in [1.165, 1.54) is 6.07 Å². The van der Waals surface area contributed by atoms with Gasteiger partial charge in [0.05, 0.1) is 6.61 Å². The Morgan fingerprint density at radius 3 is 2.28 bits per heavy atom. The number of benzene rings is 3. The number of hydrogen-bond donors (Lipinski definition) is 1. The molecule has 0 bridgehead atoms. The normalized spacial score (nSPS) is 10.5. The van der Waals surface area contributed by atoms with Gasteiger partial charge in [-0.05, 0) is 41.8 Å². The quantitative estimate of drug-likeness (QED) is 0.274. The van der Waals surface area contributed by atoms with E-state index >= 15 is 0 Å². The standard InChI is InChI=1S/C26H25FO5/c1-18(2)26(29)32-15-14-31-25-17-21(9-11-24(25)30-13-12-28)22-10-8-20(16-23(22)27)19-6-4-3-5-7-19/h3-11,16-17,28H,1,12-15H2,2H3. The van der Waals surface area contributed by atoms with Crippen LogP contribution in [0.25, 0.3) is 22.3 Å². The van der Waals surface area contributed by atoms with Crippen LogP contribution in [0.3, 0.4) is 0 Å². The fourth-order valence-corrected chi connectivity index (χ4v) is 3.03. The van der Waals surface area contributed by atoms with Crippen LogP contribution in [0, 0.1) is 5.82 Å². The smallest absolute Gasteiger partial charge is 0.333 e. The zero-order valence-electron chi connectivity index (χ0n) is 17.8. The monoisotopic (exact) mass is 436 g/mol. The van der Waals surface area contributed by atoms with Gasteiger partial charge in [-0.15, -0.1) is 0 Å². The Balaban J connectivity index is 1.81. The predicted molar refractivity (Wildman–Crippen MR) is 121 cm³/mol. The first-order valence-corrected chi connectivity index (χ1v) is 10.2. The molecule has 0 radical (unpaired) electrons. The van der Waals surface area contributed by atoms with Crippen LogP contribution in [-0.4, -0.2) is 37.5 Å². The summed E-state index contributed by atoms with van der Waals surface area (Å²) < 4.78 is 31.2. The van der Waals surface area contributed by atoms with Crippen LogP contribution in [0.2, 0.25) is 0 Å². The van der Waals surface area contributed by atoms with E-state index < -0.39 is 5.97 Å². The van der Waals surface area contributed by atoms with Gasteiger partial charge in [-0.2, -0.15) is 0 Å². The summed E-state index contributed by atoms with van der Waals surface area (Å²) in [5.74, 6) is -0.111. The number of aliphatic hydroxyl groups is 1. The maximum absolute atomic E-state index is 15.0. The van der Waals surface area contributed by atoms with E-state index in [0.29, 0.717) is 28.2 Å². The second-order valence-electron chi connectivity index (χ2n) is 7.06. The van der Waals surface area contributed by atoms with Crippen molar-refractivity contribution >= 4 is 5.97 Å². The summed E-state index contributed by atoms with van der Waals surface area (Å²) in [4.78, 5) is 11.5. The Kier molecular flexibility index (Phi) is 8.00. The van der Waals surface area contributed by atoms with Crippen molar-refractivity contribution in [2.45, 2.75) is 6.92 Å². The largest absolute Gasteiger partial charge is 0.487 e. The van der Waals surface area contributed by atoms with Crippen LogP contribution in [0.15, 0.2) is 78.9 Å². The first-order chi connectivity index (χ1) is 15.5. The molecule has 0 saturated carbocycles. The third-order valence-electron chi connectivity index (χ3n) is 4.60. The van der Waals surface area contributed by atoms with Crippen LogP contribution < -0.4 is 9.47 Å². The summed E-state index contributed by atoms with van der Waals surface area (Å²) in [5.41, 5.74) is 3.03. The van der Waals surface area contributed by atoms with Crippen molar-refractivity contribution in [1.29, 1.82) is 0 Å². The van der Waals surface area contributed by atoms with Crippen molar-refractivity contribution in [2.24, 2.45) is 0 Å². The molecular weight excluding hydrogens is 411 g/mol. The van der Waals surface area contributed by atoms with Crippen molar-refractivity contribution in [3.05, 3.63) is 84.7 Å². The number of halogens is 1. The Labute approximate surface area is 186 Å². The van der Waals surface area contributed by atoms with Crippen molar-refractivity contribution in [3.8, 4) is 33.8 Å². The molecule has 5 nitrogen and oxygen atoms in total. The van der Waals surface area contributed by atoms with Gasteiger partial charge in [0.1, 0.15) is 25.6 Å². The molecule has 0 aliphatic rings. The van der Waals surface area contributed by atoms with Crippen LogP contribution in [-0.2, 0) is 9.53 Å². The van der Waals surface area contributed by atoms with Crippen LogP contribution in [0.4, 0.5) is 4.39 Å². The van der Waals surface area contributed by atoms with E-state index in [1.807, 2.05) is 36.4 Å². The van der Waals surface area contributed by atoms with Gasteiger partial charge in [0, 0.05) is 11.1 Å². The molecule has 3 rings (SSSR count). The molecule has 0 amide bonds. The topological polar surface area (TPSA) is 65.0 Å². The van der Waals surface area contributed by atoms with E-state index in [-0.39, 0.29) is 32.2 Å². The van der Waals surface area contributed by atoms with Crippen molar-refractivity contribution in [2.75, 3.05) is 26.4 Å². The third kappa shape index (κ3) is 5.95. The highest BCUT2D eigenvalue weighted by Crippen LogP contribution is 2.35. The maximum Gasteiger partial charge on any atom is 0.333 e. The molecule has 0 fully saturated rings. The van der Waals surface area contributed by atoms with E-state index in [2.05, 4.69) is 6.58 Å². The average Bonchev–Trinajstić information content (AvgIpc) is 2.81. The number of aliphatic hydroxyl groups excluding tert-OH is 1. The van der Waals surface area contributed by atoms with Gasteiger partial charge < -0.3 is 19.3 Å². The highest BCUT2D eigenvalue weighted by atomic mass is 19.1. The fourth-order valence-electron chi connectivity index (χ4n) is 3.03. The highest BCUT2D eigenvalue weighted by molar-refractivity contribution is 5.86. The molecule has 0 unspecified atom stereocenters. The van der Waals surface area contributed by atoms with E-state index in [9.17, 15) is 9.18 Å². The highest BCUT2D eigenvalue weighted by Gasteiger charge is 2.13. The van der Waals surface area contributed by atoms with Gasteiger partial charge in [-0.3, -0.25) is 0 Å². The van der Waals surface area contributed by atoms with Gasteiger partial charge >= 0.3 is 5.97 Å².